The zero-order valence-corrected chi connectivity index (χ0v) is 7.18. The third-order valence-corrected chi connectivity index (χ3v) is 2.01. The van der Waals surface area contributed by atoms with Gasteiger partial charge in [-0.05, 0) is 5.41 Å². The summed E-state index contributed by atoms with van der Waals surface area (Å²) in [4.78, 5) is 23.5. The molecule has 0 unspecified atom stereocenters. The van der Waals surface area contributed by atoms with E-state index in [2.05, 4.69) is 0 Å². The molecule has 0 spiro atoms. The van der Waals surface area contributed by atoms with Gasteiger partial charge in [-0.2, -0.15) is 0 Å². The van der Waals surface area contributed by atoms with E-state index in [1.54, 1.807) is 7.05 Å². The summed E-state index contributed by atoms with van der Waals surface area (Å²) in [6.45, 7) is 3.88. The van der Waals surface area contributed by atoms with Crippen LogP contribution >= 0.6 is 0 Å². The Morgan fingerprint density at radius 1 is 1.18 bits per heavy atom. The lowest BCUT2D eigenvalue weighted by Crippen LogP contribution is -2.43. The molecular weight excluding hydrogens is 142 g/mol. The Morgan fingerprint density at radius 2 is 1.55 bits per heavy atom. The van der Waals surface area contributed by atoms with Crippen molar-refractivity contribution in [1.29, 1.82) is 0 Å². The predicted molar refractivity (Wildman–Crippen MR) is 40.8 cm³/mol. The zero-order valence-electron chi connectivity index (χ0n) is 7.18. The molecule has 0 aromatic carbocycles. The van der Waals surface area contributed by atoms with Gasteiger partial charge in [0.2, 0.25) is 11.8 Å². The van der Waals surface area contributed by atoms with Crippen molar-refractivity contribution in [2.75, 3.05) is 7.05 Å². The molecule has 62 valence electrons. The number of hydrogen-bond acceptors (Lipinski definition) is 2. The SMILES string of the molecule is CN1C(=O)CC(C)(C)CC1=O. The van der Waals surface area contributed by atoms with Crippen LogP contribution in [0.2, 0.25) is 0 Å². The van der Waals surface area contributed by atoms with Crippen LogP contribution < -0.4 is 0 Å². The molecule has 0 N–H and O–H groups in total. The minimum atomic E-state index is -0.138. The van der Waals surface area contributed by atoms with Crippen LogP contribution in [0, 0.1) is 5.41 Å². The number of carbonyl (C=O) groups excluding carboxylic acids is 2. The lowest BCUT2D eigenvalue weighted by atomic mass is 9.82. The first kappa shape index (κ1) is 8.24. The summed E-state index contributed by atoms with van der Waals surface area (Å²) in [5, 5.41) is 0. The number of piperidine rings is 1. The van der Waals surface area contributed by atoms with E-state index in [0.717, 1.165) is 0 Å². The minimum absolute atomic E-state index is 0.0637. The van der Waals surface area contributed by atoms with E-state index in [0.29, 0.717) is 12.8 Å². The summed E-state index contributed by atoms with van der Waals surface area (Å²) < 4.78 is 0. The van der Waals surface area contributed by atoms with Crippen molar-refractivity contribution in [2.24, 2.45) is 5.41 Å². The van der Waals surface area contributed by atoms with Gasteiger partial charge in [0.25, 0.3) is 0 Å². The minimum Gasteiger partial charge on any atom is -0.286 e. The smallest absolute Gasteiger partial charge is 0.229 e. The highest BCUT2D eigenvalue weighted by molar-refractivity contribution is 5.98. The van der Waals surface area contributed by atoms with Crippen molar-refractivity contribution in [3.8, 4) is 0 Å². The van der Waals surface area contributed by atoms with Crippen molar-refractivity contribution >= 4 is 11.8 Å². The van der Waals surface area contributed by atoms with Gasteiger partial charge in [-0.1, -0.05) is 13.8 Å². The van der Waals surface area contributed by atoms with Crippen molar-refractivity contribution in [2.45, 2.75) is 26.7 Å². The number of hydrogen-bond donors (Lipinski definition) is 0. The first-order chi connectivity index (χ1) is 4.92. The van der Waals surface area contributed by atoms with Gasteiger partial charge in [-0.15, -0.1) is 0 Å². The molecule has 2 amide bonds. The lowest BCUT2D eigenvalue weighted by Gasteiger charge is -2.32. The van der Waals surface area contributed by atoms with Crippen LogP contribution in [-0.4, -0.2) is 23.8 Å². The number of nitrogens with zero attached hydrogens (tertiary/aromatic N) is 1. The summed E-state index contributed by atoms with van der Waals surface area (Å²) in [5.41, 5.74) is -0.138. The summed E-state index contributed by atoms with van der Waals surface area (Å²) in [7, 11) is 1.54. The van der Waals surface area contributed by atoms with Crippen LogP contribution in [0.1, 0.15) is 26.7 Å². The molecule has 1 aliphatic rings. The van der Waals surface area contributed by atoms with Crippen molar-refractivity contribution in [1.82, 2.24) is 4.90 Å². The van der Waals surface area contributed by atoms with E-state index in [9.17, 15) is 9.59 Å². The monoisotopic (exact) mass is 155 g/mol. The summed E-state index contributed by atoms with van der Waals surface area (Å²) in [6.07, 6.45) is 0.963. The molecule has 0 saturated carbocycles. The topological polar surface area (TPSA) is 37.4 Å². The molecule has 0 atom stereocenters. The molecule has 1 fully saturated rings. The fraction of sp³-hybridized carbons (Fsp3) is 0.750. The van der Waals surface area contributed by atoms with Crippen LogP contribution in [0.25, 0.3) is 0 Å². The van der Waals surface area contributed by atoms with Gasteiger partial charge >= 0.3 is 0 Å². The molecule has 0 bridgehead atoms. The summed E-state index contributed by atoms with van der Waals surface area (Å²) >= 11 is 0. The van der Waals surface area contributed by atoms with Gasteiger partial charge in [-0.3, -0.25) is 14.5 Å². The highest BCUT2D eigenvalue weighted by atomic mass is 16.2. The van der Waals surface area contributed by atoms with E-state index in [4.69, 9.17) is 0 Å². The maximum atomic E-state index is 11.1. The van der Waals surface area contributed by atoms with E-state index >= 15 is 0 Å². The second-order valence-corrected chi connectivity index (χ2v) is 3.86. The van der Waals surface area contributed by atoms with Crippen LogP contribution in [0.4, 0.5) is 0 Å². The van der Waals surface area contributed by atoms with Crippen LogP contribution in [-0.2, 0) is 9.59 Å². The van der Waals surface area contributed by atoms with E-state index in [1.165, 1.54) is 4.90 Å². The Balaban J connectivity index is 2.78. The molecule has 1 rings (SSSR count). The summed E-state index contributed by atoms with van der Waals surface area (Å²) in [6, 6.07) is 0. The van der Waals surface area contributed by atoms with Gasteiger partial charge in [0.1, 0.15) is 0 Å². The zero-order chi connectivity index (χ0) is 8.65. The van der Waals surface area contributed by atoms with Gasteiger partial charge in [0.15, 0.2) is 0 Å². The number of imide groups is 1. The molecule has 3 heteroatoms. The first-order valence-corrected chi connectivity index (χ1v) is 3.72. The number of carbonyl (C=O) groups is 2. The predicted octanol–water partition coefficient (Wildman–Crippen LogP) is 0.791. The lowest BCUT2D eigenvalue weighted by molar-refractivity contribution is -0.150. The van der Waals surface area contributed by atoms with Gasteiger partial charge in [0, 0.05) is 19.9 Å². The average Bonchev–Trinajstić information content (AvgIpc) is 1.81. The van der Waals surface area contributed by atoms with E-state index in [1.807, 2.05) is 13.8 Å². The summed E-state index contributed by atoms with van der Waals surface area (Å²) in [5.74, 6) is -0.127. The van der Waals surface area contributed by atoms with Gasteiger partial charge in [0.05, 0.1) is 0 Å². The van der Waals surface area contributed by atoms with Gasteiger partial charge < -0.3 is 0 Å². The Labute approximate surface area is 66.4 Å². The molecule has 11 heavy (non-hydrogen) atoms. The van der Waals surface area contributed by atoms with Crippen molar-refractivity contribution in [3.05, 3.63) is 0 Å². The normalized spacial score (nSPS) is 24.1. The molecule has 0 aromatic rings. The number of likely N-dealkylation sites (tertiary alicyclic amines) is 1. The fourth-order valence-electron chi connectivity index (χ4n) is 1.26. The quantitative estimate of drug-likeness (QED) is 0.485. The number of amides is 2. The molecule has 1 saturated heterocycles. The van der Waals surface area contributed by atoms with E-state index < -0.39 is 0 Å². The van der Waals surface area contributed by atoms with Gasteiger partial charge in [-0.25, -0.2) is 0 Å². The van der Waals surface area contributed by atoms with Crippen molar-refractivity contribution in [3.63, 3.8) is 0 Å². The molecule has 0 aliphatic carbocycles. The van der Waals surface area contributed by atoms with Crippen LogP contribution in [0.15, 0.2) is 0 Å². The molecular formula is C8H13NO2. The van der Waals surface area contributed by atoms with Crippen molar-refractivity contribution < 1.29 is 9.59 Å². The van der Waals surface area contributed by atoms with E-state index in [-0.39, 0.29) is 17.2 Å². The maximum absolute atomic E-state index is 11.1. The molecule has 1 heterocycles. The Hall–Kier alpha value is -0.860. The third kappa shape index (κ3) is 1.59. The highest BCUT2D eigenvalue weighted by Gasteiger charge is 2.34. The molecule has 0 aromatic heterocycles. The largest absolute Gasteiger partial charge is 0.286 e. The second kappa shape index (κ2) is 2.32. The standard InChI is InChI=1S/C8H13NO2/c1-8(2)4-6(10)9(3)7(11)5-8/h4-5H2,1-3H3. The Morgan fingerprint density at radius 3 is 1.91 bits per heavy atom. The molecule has 3 nitrogen and oxygen atoms in total. The molecule has 0 radical (unpaired) electrons. The third-order valence-electron chi connectivity index (χ3n) is 2.01. The van der Waals surface area contributed by atoms with Crippen LogP contribution in [0.3, 0.4) is 0 Å². The molecule has 1 aliphatic heterocycles. The van der Waals surface area contributed by atoms with Crippen LogP contribution in [0.5, 0.6) is 0 Å². The number of rotatable bonds is 0. The highest BCUT2D eigenvalue weighted by Crippen LogP contribution is 2.30. The average molecular weight is 155 g/mol. The fourth-order valence-corrected chi connectivity index (χ4v) is 1.26. The second-order valence-electron chi connectivity index (χ2n) is 3.86. The maximum Gasteiger partial charge on any atom is 0.229 e. The Kier molecular flexibility index (Phi) is 1.74. The Bertz CT molecular complexity index is 188. The first-order valence-electron chi connectivity index (χ1n) is 3.72.